The molecule has 3 heterocycles. The third-order valence-electron chi connectivity index (χ3n) is 3.68. The van der Waals surface area contributed by atoms with E-state index in [1.807, 2.05) is 12.1 Å². The van der Waals surface area contributed by atoms with Crippen molar-refractivity contribution in [3.63, 3.8) is 0 Å². The molecule has 2 amide bonds. The highest BCUT2D eigenvalue weighted by molar-refractivity contribution is 5.88. The summed E-state index contributed by atoms with van der Waals surface area (Å²) in [6.45, 7) is 5.80. The van der Waals surface area contributed by atoms with Crippen molar-refractivity contribution in [3.8, 4) is 0 Å². The lowest BCUT2D eigenvalue weighted by molar-refractivity contribution is 0.143. The van der Waals surface area contributed by atoms with Crippen LogP contribution in [-0.4, -0.2) is 52.2 Å². The molecule has 0 radical (unpaired) electrons. The lowest BCUT2D eigenvalue weighted by Gasteiger charge is -2.34. The van der Waals surface area contributed by atoms with Crippen LogP contribution in [-0.2, 0) is 6.54 Å². The van der Waals surface area contributed by atoms with E-state index in [4.69, 9.17) is 4.52 Å². The minimum Gasteiger partial charge on any atom is -0.360 e. The van der Waals surface area contributed by atoms with Gasteiger partial charge in [-0.1, -0.05) is 5.16 Å². The Morgan fingerprint density at radius 2 is 2.00 bits per heavy atom. The molecule has 0 spiro atoms. The average Bonchev–Trinajstić information content (AvgIpc) is 2.94. The second-order valence-electron chi connectivity index (χ2n) is 5.37. The minimum absolute atomic E-state index is 0.128. The maximum absolute atomic E-state index is 12.1. The van der Waals surface area contributed by atoms with E-state index in [-0.39, 0.29) is 6.03 Å². The molecule has 0 aliphatic carbocycles. The molecule has 116 valence electrons. The molecule has 1 saturated heterocycles. The van der Waals surface area contributed by atoms with Crippen LogP contribution in [0.3, 0.4) is 0 Å². The second kappa shape index (κ2) is 6.57. The number of amides is 2. The average molecular weight is 301 g/mol. The largest absolute Gasteiger partial charge is 0.360 e. The first kappa shape index (κ1) is 14.5. The van der Waals surface area contributed by atoms with Gasteiger partial charge < -0.3 is 9.42 Å². The van der Waals surface area contributed by atoms with Gasteiger partial charge in [0.15, 0.2) is 5.82 Å². The number of nitrogens with zero attached hydrogens (tertiary/aromatic N) is 4. The number of aryl methyl sites for hydroxylation is 1. The van der Waals surface area contributed by atoms with Gasteiger partial charge in [-0.2, -0.15) is 0 Å². The monoisotopic (exact) mass is 301 g/mol. The molecule has 0 saturated carbocycles. The summed E-state index contributed by atoms with van der Waals surface area (Å²) in [5, 5.41) is 6.52. The van der Waals surface area contributed by atoms with Crippen LogP contribution in [0.2, 0.25) is 0 Å². The predicted molar refractivity (Wildman–Crippen MR) is 81.3 cm³/mol. The van der Waals surface area contributed by atoms with Crippen LogP contribution in [0, 0.1) is 6.92 Å². The number of nitrogens with one attached hydrogen (secondary N) is 1. The molecule has 0 bridgehead atoms. The molecule has 0 atom stereocenters. The minimum atomic E-state index is -0.128. The third kappa shape index (κ3) is 3.62. The van der Waals surface area contributed by atoms with E-state index in [0.29, 0.717) is 24.7 Å². The van der Waals surface area contributed by atoms with Crippen molar-refractivity contribution < 1.29 is 9.32 Å². The molecule has 0 unspecified atom stereocenters. The molecule has 0 aromatic carbocycles. The molecule has 7 heteroatoms. The fourth-order valence-electron chi connectivity index (χ4n) is 2.47. The van der Waals surface area contributed by atoms with E-state index in [0.717, 1.165) is 19.6 Å². The highest BCUT2D eigenvalue weighted by Gasteiger charge is 2.21. The first-order chi connectivity index (χ1) is 10.7. The van der Waals surface area contributed by atoms with Gasteiger partial charge in [0.1, 0.15) is 5.76 Å². The van der Waals surface area contributed by atoms with Crippen LogP contribution in [0.25, 0.3) is 0 Å². The van der Waals surface area contributed by atoms with Gasteiger partial charge in [0.25, 0.3) is 0 Å². The quantitative estimate of drug-likeness (QED) is 0.934. The summed E-state index contributed by atoms with van der Waals surface area (Å²) in [5.74, 6) is 1.14. The van der Waals surface area contributed by atoms with E-state index < -0.39 is 0 Å². The van der Waals surface area contributed by atoms with Crippen LogP contribution in [0.5, 0.6) is 0 Å². The van der Waals surface area contributed by atoms with Crippen molar-refractivity contribution in [2.75, 3.05) is 31.5 Å². The molecule has 22 heavy (non-hydrogen) atoms. The van der Waals surface area contributed by atoms with E-state index >= 15 is 0 Å². The Balaban J connectivity index is 1.48. The Kier molecular flexibility index (Phi) is 4.34. The Hall–Kier alpha value is -2.41. The Bertz CT molecular complexity index is 620. The zero-order valence-electron chi connectivity index (χ0n) is 12.5. The third-order valence-corrected chi connectivity index (χ3v) is 3.68. The first-order valence-corrected chi connectivity index (χ1v) is 7.31. The maximum atomic E-state index is 12.1. The Labute approximate surface area is 128 Å². The van der Waals surface area contributed by atoms with Gasteiger partial charge in [-0.15, -0.1) is 0 Å². The first-order valence-electron chi connectivity index (χ1n) is 7.31. The lowest BCUT2D eigenvalue weighted by atomic mass is 10.2. The number of piperazine rings is 1. The number of rotatable bonds is 3. The molecule has 1 fully saturated rings. The summed E-state index contributed by atoms with van der Waals surface area (Å²) >= 11 is 0. The molecule has 7 nitrogen and oxygen atoms in total. The normalized spacial score (nSPS) is 15.8. The van der Waals surface area contributed by atoms with Gasteiger partial charge in [-0.3, -0.25) is 15.2 Å². The van der Waals surface area contributed by atoms with Crippen LogP contribution in [0.4, 0.5) is 10.6 Å². The number of hydrogen-bond donors (Lipinski definition) is 1. The summed E-state index contributed by atoms with van der Waals surface area (Å²) in [6.07, 6.45) is 3.61. The van der Waals surface area contributed by atoms with Crippen molar-refractivity contribution in [1.82, 2.24) is 19.9 Å². The molecule has 2 aromatic heterocycles. The molecular weight excluding hydrogens is 282 g/mol. The van der Waals surface area contributed by atoms with Crippen molar-refractivity contribution in [3.05, 3.63) is 41.9 Å². The van der Waals surface area contributed by atoms with Crippen LogP contribution < -0.4 is 5.32 Å². The van der Waals surface area contributed by atoms with E-state index in [9.17, 15) is 4.79 Å². The number of carbonyl (C=O) groups is 1. The van der Waals surface area contributed by atoms with Gasteiger partial charge >= 0.3 is 6.03 Å². The van der Waals surface area contributed by atoms with Crippen molar-refractivity contribution in [1.29, 1.82) is 0 Å². The second-order valence-corrected chi connectivity index (χ2v) is 5.37. The SMILES string of the molecule is Cc1cc(NC(=O)N2CCN(Cc3ccncc3)CC2)no1. The summed E-state index contributed by atoms with van der Waals surface area (Å²) in [7, 11) is 0. The standard InChI is InChI=1S/C15H19N5O2/c1-12-10-14(18-22-12)17-15(21)20-8-6-19(7-9-20)11-13-2-4-16-5-3-13/h2-5,10H,6-9,11H2,1H3,(H,17,18,21). The van der Waals surface area contributed by atoms with Gasteiger partial charge in [0.05, 0.1) is 0 Å². The van der Waals surface area contributed by atoms with Crippen molar-refractivity contribution in [2.24, 2.45) is 0 Å². The number of carbonyl (C=O) groups excluding carboxylic acids is 1. The van der Waals surface area contributed by atoms with Gasteiger partial charge in [-0.05, 0) is 24.6 Å². The topological polar surface area (TPSA) is 74.5 Å². The molecular formula is C15H19N5O2. The number of aromatic nitrogens is 2. The Morgan fingerprint density at radius 3 is 2.64 bits per heavy atom. The van der Waals surface area contributed by atoms with E-state index in [2.05, 4.69) is 20.4 Å². The highest BCUT2D eigenvalue weighted by Crippen LogP contribution is 2.11. The molecule has 3 rings (SSSR count). The summed E-state index contributed by atoms with van der Waals surface area (Å²) in [4.78, 5) is 20.3. The zero-order chi connectivity index (χ0) is 15.4. The van der Waals surface area contributed by atoms with Crippen LogP contribution >= 0.6 is 0 Å². The fourth-order valence-corrected chi connectivity index (χ4v) is 2.47. The van der Waals surface area contributed by atoms with E-state index in [1.54, 1.807) is 30.3 Å². The fraction of sp³-hybridized carbons (Fsp3) is 0.400. The maximum Gasteiger partial charge on any atom is 0.323 e. The number of pyridine rings is 1. The number of hydrogen-bond acceptors (Lipinski definition) is 5. The molecule has 2 aromatic rings. The lowest BCUT2D eigenvalue weighted by Crippen LogP contribution is -2.49. The number of urea groups is 1. The molecule has 1 aliphatic heterocycles. The van der Waals surface area contributed by atoms with Gasteiger partial charge in [-0.25, -0.2) is 4.79 Å². The zero-order valence-corrected chi connectivity index (χ0v) is 12.5. The summed E-state index contributed by atoms with van der Waals surface area (Å²) < 4.78 is 4.94. The van der Waals surface area contributed by atoms with Crippen molar-refractivity contribution in [2.45, 2.75) is 13.5 Å². The van der Waals surface area contributed by atoms with Crippen LogP contribution in [0.1, 0.15) is 11.3 Å². The molecule has 1 N–H and O–H groups in total. The molecule has 1 aliphatic rings. The summed E-state index contributed by atoms with van der Waals surface area (Å²) in [6, 6.07) is 5.62. The summed E-state index contributed by atoms with van der Waals surface area (Å²) in [5.41, 5.74) is 1.24. The Morgan fingerprint density at radius 1 is 1.27 bits per heavy atom. The van der Waals surface area contributed by atoms with Gasteiger partial charge in [0.2, 0.25) is 0 Å². The van der Waals surface area contributed by atoms with Gasteiger partial charge in [0, 0.05) is 51.2 Å². The predicted octanol–water partition coefficient (Wildman–Crippen LogP) is 1.73. The highest BCUT2D eigenvalue weighted by atomic mass is 16.5. The van der Waals surface area contributed by atoms with Crippen LogP contribution in [0.15, 0.2) is 35.1 Å². The number of anilines is 1. The van der Waals surface area contributed by atoms with Crippen molar-refractivity contribution >= 4 is 11.8 Å². The smallest absolute Gasteiger partial charge is 0.323 e. The van der Waals surface area contributed by atoms with E-state index in [1.165, 1.54) is 5.56 Å².